The lowest BCUT2D eigenvalue weighted by atomic mass is 9.85. The van der Waals surface area contributed by atoms with E-state index in [0.717, 1.165) is 12.0 Å². The molecular weight excluding hydrogens is 174 g/mol. The highest BCUT2D eigenvalue weighted by molar-refractivity contribution is 5.11. The number of aliphatic hydroxyl groups is 1. The third kappa shape index (κ3) is 1.31. The van der Waals surface area contributed by atoms with Gasteiger partial charge in [-0.1, -0.05) is 13.3 Å². The van der Waals surface area contributed by atoms with E-state index in [2.05, 4.69) is 12.2 Å². The van der Waals surface area contributed by atoms with Gasteiger partial charge in [-0.05, 0) is 42.9 Å². The maximum Gasteiger partial charge on any atom is 0.0474 e. The lowest BCUT2D eigenvalue weighted by molar-refractivity contribution is 0.239. The molecule has 80 valence electrons. The fourth-order valence-electron chi connectivity index (χ4n) is 3.41. The number of nitrogens with one attached hydrogen (secondary N) is 1. The van der Waals surface area contributed by atoms with Crippen molar-refractivity contribution in [3.05, 3.63) is 0 Å². The molecule has 2 heteroatoms. The molecule has 0 radical (unpaired) electrons. The van der Waals surface area contributed by atoms with Gasteiger partial charge in [0.1, 0.15) is 0 Å². The summed E-state index contributed by atoms with van der Waals surface area (Å²) in [5.74, 6) is 1.58. The van der Waals surface area contributed by atoms with Crippen LogP contribution in [0.2, 0.25) is 0 Å². The second-order valence-electron chi connectivity index (χ2n) is 5.84. The van der Waals surface area contributed by atoms with E-state index >= 15 is 0 Å². The molecule has 3 saturated carbocycles. The minimum atomic E-state index is 0.379. The Morgan fingerprint density at radius 2 is 2.29 bits per heavy atom. The van der Waals surface area contributed by atoms with Gasteiger partial charge in [-0.15, -0.1) is 0 Å². The summed E-state index contributed by atoms with van der Waals surface area (Å²) in [5.41, 5.74) is 0.626. The monoisotopic (exact) mass is 195 g/mol. The van der Waals surface area contributed by atoms with Crippen LogP contribution in [0.1, 0.15) is 39.0 Å². The topological polar surface area (TPSA) is 32.3 Å². The van der Waals surface area contributed by atoms with Gasteiger partial charge >= 0.3 is 0 Å². The van der Waals surface area contributed by atoms with Crippen molar-refractivity contribution in [3.63, 3.8) is 0 Å². The molecule has 0 spiro atoms. The van der Waals surface area contributed by atoms with Gasteiger partial charge in [0.25, 0.3) is 0 Å². The van der Waals surface area contributed by atoms with E-state index in [1.54, 1.807) is 0 Å². The van der Waals surface area contributed by atoms with Gasteiger partial charge in [0.05, 0.1) is 0 Å². The van der Waals surface area contributed by atoms with Crippen LogP contribution in [-0.4, -0.2) is 23.8 Å². The van der Waals surface area contributed by atoms with Crippen molar-refractivity contribution in [3.8, 4) is 0 Å². The number of hydrogen-bond donors (Lipinski definition) is 2. The van der Waals surface area contributed by atoms with Crippen molar-refractivity contribution < 1.29 is 5.11 Å². The van der Waals surface area contributed by atoms with E-state index < -0.39 is 0 Å². The highest BCUT2D eigenvalue weighted by atomic mass is 16.3. The molecule has 0 heterocycles. The van der Waals surface area contributed by atoms with Crippen LogP contribution in [0.5, 0.6) is 0 Å². The average Bonchev–Trinajstić information content (AvgIpc) is 3.02. The van der Waals surface area contributed by atoms with Crippen LogP contribution in [0.25, 0.3) is 0 Å². The molecule has 3 unspecified atom stereocenters. The van der Waals surface area contributed by atoms with Crippen molar-refractivity contribution in [2.75, 3.05) is 6.61 Å². The summed E-state index contributed by atoms with van der Waals surface area (Å²) in [5, 5.41) is 12.8. The smallest absolute Gasteiger partial charge is 0.0474 e. The van der Waals surface area contributed by atoms with Crippen LogP contribution in [0.3, 0.4) is 0 Å². The first-order valence-corrected chi connectivity index (χ1v) is 6.11. The molecule has 0 saturated heterocycles. The number of fused-ring (bicyclic) bond motifs is 1. The predicted octanol–water partition coefficient (Wildman–Crippen LogP) is 1.54. The molecule has 3 rings (SSSR count). The average molecular weight is 195 g/mol. The molecular formula is C12H21NO. The van der Waals surface area contributed by atoms with Crippen molar-refractivity contribution >= 4 is 0 Å². The van der Waals surface area contributed by atoms with Gasteiger partial charge in [0.15, 0.2) is 0 Å². The summed E-state index contributed by atoms with van der Waals surface area (Å²) >= 11 is 0. The van der Waals surface area contributed by atoms with Crippen LogP contribution in [-0.2, 0) is 0 Å². The molecule has 0 aliphatic heterocycles. The Hall–Kier alpha value is -0.0800. The molecule has 14 heavy (non-hydrogen) atoms. The molecule has 0 aromatic rings. The fourth-order valence-corrected chi connectivity index (χ4v) is 3.41. The summed E-state index contributed by atoms with van der Waals surface area (Å²) < 4.78 is 0. The van der Waals surface area contributed by atoms with Crippen molar-refractivity contribution in [2.45, 2.75) is 51.1 Å². The normalized spacial score (nSPS) is 55.3. The maximum absolute atomic E-state index is 9.01. The van der Waals surface area contributed by atoms with Gasteiger partial charge in [-0.25, -0.2) is 0 Å². The molecule has 3 aliphatic carbocycles. The summed E-state index contributed by atoms with van der Waals surface area (Å²) in [6.07, 6.45) is 6.88. The van der Waals surface area contributed by atoms with Crippen LogP contribution in [0.15, 0.2) is 0 Å². The Morgan fingerprint density at radius 3 is 3.00 bits per heavy atom. The first kappa shape index (κ1) is 9.17. The first-order chi connectivity index (χ1) is 6.74. The fraction of sp³-hybridized carbons (Fsp3) is 1.00. The Labute approximate surface area is 86.1 Å². The third-order valence-electron chi connectivity index (χ3n) is 4.87. The zero-order valence-corrected chi connectivity index (χ0v) is 9.00. The van der Waals surface area contributed by atoms with Gasteiger partial charge in [0, 0.05) is 18.7 Å². The molecule has 3 aliphatic rings. The Kier molecular flexibility index (Phi) is 1.94. The third-order valence-corrected chi connectivity index (χ3v) is 4.87. The van der Waals surface area contributed by atoms with Crippen LogP contribution >= 0.6 is 0 Å². The second-order valence-corrected chi connectivity index (χ2v) is 5.84. The number of aliphatic hydroxyl groups excluding tert-OH is 1. The van der Waals surface area contributed by atoms with Gasteiger partial charge in [-0.3, -0.25) is 0 Å². The Balaban J connectivity index is 1.57. The summed E-state index contributed by atoms with van der Waals surface area (Å²) in [6.45, 7) is 2.83. The summed E-state index contributed by atoms with van der Waals surface area (Å²) in [4.78, 5) is 0. The molecule has 0 amide bonds. The largest absolute Gasteiger partial charge is 0.396 e. The SMILES string of the molecule is CC12CC1CCCC2N[C@@H]1C[C@H]1CO. The lowest BCUT2D eigenvalue weighted by Gasteiger charge is -2.30. The maximum atomic E-state index is 9.01. The van der Waals surface area contributed by atoms with Crippen LogP contribution in [0, 0.1) is 17.3 Å². The van der Waals surface area contributed by atoms with Crippen LogP contribution < -0.4 is 5.32 Å². The van der Waals surface area contributed by atoms with Gasteiger partial charge in [-0.2, -0.15) is 0 Å². The standard InChI is InChI=1S/C12H21NO/c1-12-6-9(12)3-2-4-11(12)13-10-5-8(10)7-14/h8-11,13-14H,2-7H2,1H3/t8-,9?,10+,11?,12?/m0/s1. The van der Waals surface area contributed by atoms with Gasteiger partial charge < -0.3 is 10.4 Å². The zero-order valence-electron chi connectivity index (χ0n) is 9.00. The molecule has 3 fully saturated rings. The minimum absolute atomic E-state index is 0.379. The Morgan fingerprint density at radius 1 is 1.43 bits per heavy atom. The molecule has 2 nitrogen and oxygen atoms in total. The summed E-state index contributed by atoms with van der Waals surface area (Å²) in [7, 11) is 0. The predicted molar refractivity (Wildman–Crippen MR) is 56.0 cm³/mol. The molecule has 5 atom stereocenters. The molecule has 0 aromatic heterocycles. The second kappa shape index (κ2) is 2.96. The summed E-state index contributed by atoms with van der Waals surface area (Å²) in [6, 6.07) is 1.39. The highest BCUT2D eigenvalue weighted by Gasteiger charge is 2.57. The van der Waals surface area contributed by atoms with E-state index in [1.165, 1.54) is 32.1 Å². The molecule has 0 bridgehead atoms. The molecule has 0 aromatic carbocycles. The first-order valence-electron chi connectivity index (χ1n) is 6.11. The number of rotatable bonds is 3. The van der Waals surface area contributed by atoms with Gasteiger partial charge in [0.2, 0.25) is 0 Å². The number of hydrogen-bond acceptors (Lipinski definition) is 2. The van der Waals surface area contributed by atoms with E-state index in [9.17, 15) is 0 Å². The minimum Gasteiger partial charge on any atom is -0.396 e. The molecule has 2 N–H and O–H groups in total. The van der Waals surface area contributed by atoms with E-state index in [-0.39, 0.29) is 0 Å². The van der Waals surface area contributed by atoms with E-state index in [0.29, 0.717) is 24.0 Å². The Bertz CT molecular complexity index is 242. The van der Waals surface area contributed by atoms with Crippen molar-refractivity contribution in [1.29, 1.82) is 0 Å². The quantitative estimate of drug-likeness (QED) is 0.716. The van der Waals surface area contributed by atoms with E-state index in [4.69, 9.17) is 5.11 Å². The lowest BCUT2D eigenvalue weighted by Crippen LogP contribution is -2.41. The zero-order chi connectivity index (χ0) is 9.76. The van der Waals surface area contributed by atoms with Crippen molar-refractivity contribution in [2.24, 2.45) is 17.3 Å². The highest BCUT2D eigenvalue weighted by Crippen LogP contribution is 2.61. The van der Waals surface area contributed by atoms with Crippen molar-refractivity contribution in [1.82, 2.24) is 5.32 Å². The van der Waals surface area contributed by atoms with Crippen LogP contribution in [0.4, 0.5) is 0 Å². The van der Waals surface area contributed by atoms with E-state index in [1.807, 2.05) is 0 Å².